The maximum Gasteiger partial charge on any atom is 0.306 e. The van der Waals surface area contributed by atoms with Crippen LogP contribution in [-0.2, 0) is 20.7 Å². The van der Waals surface area contributed by atoms with Crippen molar-refractivity contribution in [2.75, 3.05) is 19.7 Å². The fourth-order valence-electron chi connectivity index (χ4n) is 2.64. The summed E-state index contributed by atoms with van der Waals surface area (Å²) >= 11 is 0. The van der Waals surface area contributed by atoms with Crippen LogP contribution in [0.3, 0.4) is 0 Å². The summed E-state index contributed by atoms with van der Waals surface area (Å²) in [4.78, 5) is 29.0. The van der Waals surface area contributed by atoms with E-state index >= 15 is 0 Å². The summed E-state index contributed by atoms with van der Waals surface area (Å²) in [7, 11) is 0. The molecule has 1 atom stereocenters. The zero-order chi connectivity index (χ0) is 17.8. The second-order valence-electron chi connectivity index (χ2n) is 5.76. The van der Waals surface area contributed by atoms with Crippen LogP contribution in [0.15, 0.2) is 34.9 Å². The zero-order valence-corrected chi connectivity index (χ0v) is 13.4. The molecular weight excluding hydrogens is 331 g/mol. The molecule has 1 N–H and O–H groups in total. The molecule has 1 aliphatic heterocycles. The number of carbonyl (C=O) groups excluding carboxylic acids is 1. The zero-order valence-electron chi connectivity index (χ0n) is 13.4. The number of halogens is 1. The van der Waals surface area contributed by atoms with Gasteiger partial charge >= 0.3 is 5.97 Å². The molecule has 8 heteroatoms. The SMILES string of the molecule is O=C(O)C[C@@H]1CN(C(=O)Cc2coc(-c3ccc(F)cc3)n2)CCO1. The van der Waals surface area contributed by atoms with Gasteiger partial charge in [-0.3, -0.25) is 9.59 Å². The number of aromatic nitrogens is 1. The number of oxazole rings is 1. The lowest BCUT2D eigenvalue weighted by Crippen LogP contribution is -2.46. The van der Waals surface area contributed by atoms with E-state index in [4.69, 9.17) is 14.3 Å². The fourth-order valence-corrected chi connectivity index (χ4v) is 2.64. The van der Waals surface area contributed by atoms with E-state index in [0.717, 1.165) is 0 Å². The molecule has 2 aromatic rings. The molecule has 1 saturated heterocycles. The molecule has 25 heavy (non-hydrogen) atoms. The fraction of sp³-hybridized carbons (Fsp3) is 0.353. The van der Waals surface area contributed by atoms with Gasteiger partial charge in [0.25, 0.3) is 0 Å². The van der Waals surface area contributed by atoms with Gasteiger partial charge in [-0.2, -0.15) is 0 Å². The molecule has 0 spiro atoms. The van der Waals surface area contributed by atoms with Crippen molar-refractivity contribution in [2.45, 2.75) is 18.9 Å². The van der Waals surface area contributed by atoms with Crippen molar-refractivity contribution in [1.82, 2.24) is 9.88 Å². The van der Waals surface area contributed by atoms with E-state index in [1.54, 1.807) is 17.0 Å². The van der Waals surface area contributed by atoms with Gasteiger partial charge in [-0.05, 0) is 24.3 Å². The summed E-state index contributed by atoms with van der Waals surface area (Å²) in [5, 5.41) is 8.82. The molecule has 0 radical (unpaired) electrons. The summed E-state index contributed by atoms with van der Waals surface area (Å²) in [5.74, 6) is -1.17. The Hall–Kier alpha value is -2.74. The van der Waals surface area contributed by atoms with Gasteiger partial charge in [0.2, 0.25) is 11.8 Å². The second kappa shape index (κ2) is 7.43. The molecule has 0 saturated carbocycles. The molecule has 0 bridgehead atoms. The van der Waals surface area contributed by atoms with Crippen LogP contribution < -0.4 is 0 Å². The standard InChI is InChI=1S/C17H17FN2O5/c18-12-3-1-11(2-4-12)17-19-13(10-25-17)7-15(21)20-5-6-24-14(9-20)8-16(22)23/h1-4,10,14H,5-9H2,(H,22,23)/t14-/m1/s1. The van der Waals surface area contributed by atoms with E-state index < -0.39 is 12.1 Å². The van der Waals surface area contributed by atoms with Crippen LogP contribution in [0.1, 0.15) is 12.1 Å². The number of amides is 1. The smallest absolute Gasteiger partial charge is 0.306 e. The second-order valence-corrected chi connectivity index (χ2v) is 5.76. The number of hydrogen-bond donors (Lipinski definition) is 1. The molecule has 1 fully saturated rings. The first-order chi connectivity index (χ1) is 12.0. The van der Waals surface area contributed by atoms with Crippen molar-refractivity contribution in [3.8, 4) is 11.5 Å². The van der Waals surface area contributed by atoms with Gasteiger partial charge in [0.1, 0.15) is 12.1 Å². The summed E-state index contributed by atoms with van der Waals surface area (Å²) in [6, 6.07) is 5.71. The Balaban J connectivity index is 1.61. The molecule has 7 nitrogen and oxygen atoms in total. The van der Waals surface area contributed by atoms with E-state index in [1.165, 1.54) is 18.4 Å². The van der Waals surface area contributed by atoms with Crippen LogP contribution in [-0.4, -0.2) is 52.7 Å². The quantitative estimate of drug-likeness (QED) is 0.884. The van der Waals surface area contributed by atoms with Crippen LogP contribution in [0.4, 0.5) is 4.39 Å². The number of morpholine rings is 1. The number of carbonyl (C=O) groups is 2. The molecule has 1 amide bonds. The number of nitrogens with zero attached hydrogens (tertiary/aromatic N) is 2. The van der Waals surface area contributed by atoms with Crippen molar-refractivity contribution in [3.63, 3.8) is 0 Å². The summed E-state index contributed by atoms with van der Waals surface area (Å²) in [6.07, 6.45) is 0.806. The third-order valence-corrected chi connectivity index (χ3v) is 3.87. The molecule has 1 aromatic heterocycles. The third kappa shape index (κ3) is 4.42. The molecular formula is C17H17FN2O5. The van der Waals surface area contributed by atoms with E-state index in [2.05, 4.69) is 4.98 Å². The van der Waals surface area contributed by atoms with Crippen LogP contribution in [0.5, 0.6) is 0 Å². The van der Waals surface area contributed by atoms with Gasteiger partial charge in [0, 0.05) is 18.7 Å². The first-order valence-corrected chi connectivity index (χ1v) is 7.83. The minimum atomic E-state index is -0.959. The van der Waals surface area contributed by atoms with Crippen LogP contribution in [0, 0.1) is 5.82 Å². The molecule has 2 heterocycles. The lowest BCUT2D eigenvalue weighted by atomic mass is 10.2. The van der Waals surface area contributed by atoms with E-state index in [-0.39, 0.29) is 31.1 Å². The molecule has 1 aliphatic rings. The van der Waals surface area contributed by atoms with E-state index in [9.17, 15) is 14.0 Å². The Labute approximate surface area is 143 Å². The van der Waals surface area contributed by atoms with Gasteiger partial charge in [-0.15, -0.1) is 0 Å². The number of rotatable bonds is 5. The summed E-state index contributed by atoms with van der Waals surface area (Å²) in [5.41, 5.74) is 1.08. The first kappa shape index (κ1) is 17.1. The Morgan fingerprint density at radius 3 is 2.80 bits per heavy atom. The van der Waals surface area contributed by atoms with E-state index in [1.807, 2.05) is 0 Å². The highest BCUT2D eigenvalue weighted by atomic mass is 19.1. The highest BCUT2D eigenvalue weighted by molar-refractivity contribution is 5.78. The molecule has 3 rings (SSSR count). The molecule has 0 aliphatic carbocycles. The topological polar surface area (TPSA) is 92.9 Å². The Bertz CT molecular complexity index is 759. The monoisotopic (exact) mass is 348 g/mol. The molecule has 0 unspecified atom stereocenters. The Morgan fingerprint density at radius 2 is 2.08 bits per heavy atom. The largest absolute Gasteiger partial charge is 0.481 e. The number of ether oxygens (including phenoxy) is 1. The van der Waals surface area contributed by atoms with E-state index in [0.29, 0.717) is 30.3 Å². The predicted octanol–water partition coefficient (Wildman–Crippen LogP) is 1.73. The number of aliphatic carboxylic acids is 1. The lowest BCUT2D eigenvalue weighted by molar-refractivity contribution is -0.147. The summed E-state index contributed by atoms with van der Waals surface area (Å²) < 4.78 is 23.6. The average molecular weight is 348 g/mol. The molecule has 1 aromatic carbocycles. The number of carboxylic acid groups (broad SMARTS) is 1. The van der Waals surface area contributed by atoms with Crippen LogP contribution >= 0.6 is 0 Å². The molecule has 132 valence electrons. The Kier molecular flexibility index (Phi) is 5.08. The highest BCUT2D eigenvalue weighted by Gasteiger charge is 2.26. The number of hydrogen-bond acceptors (Lipinski definition) is 5. The van der Waals surface area contributed by atoms with Crippen molar-refractivity contribution >= 4 is 11.9 Å². The van der Waals surface area contributed by atoms with Gasteiger partial charge in [0.15, 0.2) is 0 Å². The lowest BCUT2D eigenvalue weighted by Gasteiger charge is -2.32. The van der Waals surface area contributed by atoms with Gasteiger partial charge in [-0.1, -0.05) is 0 Å². The Morgan fingerprint density at radius 1 is 1.32 bits per heavy atom. The van der Waals surface area contributed by atoms with Crippen molar-refractivity contribution in [2.24, 2.45) is 0 Å². The van der Waals surface area contributed by atoms with Gasteiger partial charge < -0.3 is 19.2 Å². The summed E-state index contributed by atoms with van der Waals surface area (Å²) in [6.45, 7) is 0.967. The predicted molar refractivity (Wildman–Crippen MR) is 84.2 cm³/mol. The average Bonchev–Trinajstić information content (AvgIpc) is 3.03. The maximum atomic E-state index is 12.9. The van der Waals surface area contributed by atoms with Crippen LogP contribution in [0.25, 0.3) is 11.5 Å². The van der Waals surface area contributed by atoms with Gasteiger partial charge in [-0.25, -0.2) is 9.37 Å². The minimum absolute atomic E-state index is 0.0461. The maximum absolute atomic E-state index is 12.9. The normalized spacial score (nSPS) is 17.5. The van der Waals surface area contributed by atoms with Crippen molar-refractivity contribution in [1.29, 1.82) is 0 Å². The minimum Gasteiger partial charge on any atom is -0.481 e. The van der Waals surface area contributed by atoms with Crippen molar-refractivity contribution < 1.29 is 28.2 Å². The number of benzene rings is 1. The van der Waals surface area contributed by atoms with Gasteiger partial charge in [0.05, 0.1) is 31.2 Å². The highest BCUT2D eigenvalue weighted by Crippen LogP contribution is 2.19. The van der Waals surface area contributed by atoms with Crippen molar-refractivity contribution in [3.05, 3.63) is 42.0 Å². The third-order valence-electron chi connectivity index (χ3n) is 3.87. The first-order valence-electron chi connectivity index (χ1n) is 7.83. The van der Waals surface area contributed by atoms with Crippen LogP contribution in [0.2, 0.25) is 0 Å². The number of carboxylic acids is 1.